The monoisotopic (exact) mass is 286 g/mol. The summed E-state index contributed by atoms with van der Waals surface area (Å²) >= 11 is 0. The minimum Gasteiger partial charge on any atom is -0.436 e. The van der Waals surface area contributed by atoms with Gasteiger partial charge < -0.3 is 10.5 Å². The summed E-state index contributed by atoms with van der Waals surface area (Å²) < 4.78 is 32.0. The highest BCUT2D eigenvalue weighted by atomic mass is 19.1. The van der Waals surface area contributed by atoms with E-state index in [1.165, 1.54) is 6.07 Å². The standard InChI is InChI=1S/C16H12F2N2O/c17-12-5-6-15(13(18)8-12)21-16-11(9-19)7-10-3-1-2-4-14(10)20-16/h1-8H,9,19H2. The Morgan fingerprint density at radius 3 is 2.62 bits per heavy atom. The van der Waals surface area contributed by atoms with Gasteiger partial charge >= 0.3 is 0 Å². The smallest absolute Gasteiger partial charge is 0.224 e. The largest absolute Gasteiger partial charge is 0.436 e. The lowest BCUT2D eigenvalue weighted by atomic mass is 10.1. The number of nitrogens with zero attached hydrogens (tertiary/aromatic N) is 1. The molecule has 1 aromatic heterocycles. The van der Waals surface area contributed by atoms with Gasteiger partial charge in [-0.1, -0.05) is 18.2 Å². The topological polar surface area (TPSA) is 48.1 Å². The average molecular weight is 286 g/mol. The zero-order chi connectivity index (χ0) is 14.8. The van der Waals surface area contributed by atoms with Gasteiger partial charge in [0.05, 0.1) is 5.52 Å². The molecule has 3 aromatic rings. The first kappa shape index (κ1) is 13.5. The van der Waals surface area contributed by atoms with Gasteiger partial charge in [-0.3, -0.25) is 0 Å². The maximum absolute atomic E-state index is 13.7. The van der Waals surface area contributed by atoms with Crippen molar-refractivity contribution in [1.82, 2.24) is 4.98 Å². The molecule has 0 aliphatic carbocycles. The third kappa shape index (κ3) is 2.68. The predicted molar refractivity (Wildman–Crippen MR) is 76.1 cm³/mol. The number of fused-ring (bicyclic) bond motifs is 1. The molecule has 0 bridgehead atoms. The summed E-state index contributed by atoms with van der Waals surface area (Å²) in [7, 11) is 0. The van der Waals surface area contributed by atoms with Gasteiger partial charge in [0, 0.05) is 23.6 Å². The zero-order valence-corrected chi connectivity index (χ0v) is 11.0. The van der Waals surface area contributed by atoms with Gasteiger partial charge in [0.2, 0.25) is 5.88 Å². The van der Waals surface area contributed by atoms with Crippen LogP contribution in [0.15, 0.2) is 48.5 Å². The van der Waals surface area contributed by atoms with E-state index in [9.17, 15) is 8.78 Å². The molecule has 2 aromatic carbocycles. The molecule has 0 spiro atoms. The number of hydrogen-bond donors (Lipinski definition) is 1. The summed E-state index contributed by atoms with van der Waals surface area (Å²) in [4.78, 5) is 4.34. The lowest BCUT2D eigenvalue weighted by Gasteiger charge is -2.11. The van der Waals surface area contributed by atoms with Gasteiger partial charge in [-0.2, -0.15) is 0 Å². The van der Waals surface area contributed by atoms with E-state index in [1.54, 1.807) is 0 Å². The first-order valence-corrected chi connectivity index (χ1v) is 6.39. The van der Waals surface area contributed by atoms with Crippen molar-refractivity contribution in [1.29, 1.82) is 0 Å². The number of halogens is 2. The molecule has 3 nitrogen and oxygen atoms in total. The van der Waals surface area contributed by atoms with E-state index in [4.69, 9.17) is 10.5 Å². The van der Waals surface area contributed by atoms with Crippen LogP contribution in [-0.4, -0.2) is 4.98 Å². The van der Waals surface area contributed by atoms with E-state index in [-0.39, 0.29) is 18.2 Å². The van der Waals surface area contributed by atoms with Gasteiger partial charge in [-0.15, -0.1) is 0 Å². The summed E-state index contributed by atoms with van der Waals surface area (Å²) in [5.74, 6) is -1.31. The Morgan fingerprint density at radius 2 is 1.86 bits per heavy atom. The molecule has 21 heavy (non-hydrogen) atoms. The van der Waals surface area contributed by atoms with Gasteiger partial charge in [-0.25, -0.2) is 13.8 Å². The van der Waals surface area contributed by atoms with Crippen molar-refractivity contribution >= 4 is 10.9 Å². The molecular formula is C16H12F2N2O. The minimum absolute atomic E-state index is 0.0890. The number of ether oxygens (including phenoxy) is 1. The second-order valence-electron chi connectivity index (χ2n) is 4.53. The molecule has 0 saturated heterocycles. The number of benzene rings is 2. The molecule has 0 aliphatic rings. The van der Waals surface area contributed by atoms with Crippen molar-refractivity contribution in [2.45, 2.75) is 6.54 Å². The molecule has 2 N–H and O–H groups in total. The second-order valence-corrected chi connectivity index (χ2v) is 4.53. The van der Waals surface area contributed by atoms with Crippen LogP contribution in [0.3, 0.4) is 0 Å². The molecule has 0 unspecified atom stereocenters. The van der Waals surface area contributed by atoms with Crippen LogP contribution in [-0.2, 0) is 6.54 Å². The third-order valence-corrected chi connectivity index (χ3v) is 3.08. The van der Waals surface area contributed by atoms with Gasteiger partial charge in [0.1, 0.15) is 5.82 Å². The summed E-state index contributed by atoms with van der Waals surface area (Å²) in [6.45, 7) is 0.204. The summed E-state index contributed by atoms with van der Waals surface area (Å²) in [6.07, 6.45) is 0. The van der Waals surface area contributed by atoms with E-state index < -0.39 is 11.6 Å². The maximum atomic E-state index is 13.7. The van der Waals surface area contributed by atoms with Crippen LogP contribution in [0.4, 0.5) is 8.78 Å². The Bertz CT molecular complexity index is 805. The normalized spacial score (nSPS) is 10.8. The lowest BCUT2D eigenvalue weighted by Crippen LogP contribution is -2.02. The highest BCUT2D eigenvalue weighted by molar-refractivity contribution is 5.80. The van der Waals surface area contributed by atoms with Crippen molar-refractivity contribution in [2.24, 2.45) is 5.73 Å². The first-order valence-electron chi connectivity index (χ1n) is 6.39. The molecule has 0 aliphatic heterocycles. The molecule has 0 saturated carbocycles. The zero-order valence-electron chi connectivity index (χ0n) is 11.0. The van der Waals surface area contributed by atoms with Crippen LogP contribution in [0, 0.1) is 11.6 Å². The molecule has 0 fully saturated rings. The minimum atomic E-state index is -0.784. The molecular weight excluding hydrogens is 274 g/mol. The van der Waals surface area contributed by atoms with Crippen LogP contribution >= 0.6 is 0 Å². The molecule has 3 rings (SSSR count). The Hall–Kier alpha value is -2.53. The summed E-state index contributed by atoms with van der Waals surface area (Å²) in [6, 6.07) is 12.4. The van der Waals surface area contributed by atoms with Crippen LogP contribution in [0.2, 0.25) is 0 Å². The Balaban J connectivity index is 2.06. The number of nitrogens with two attached hydrogens (primary N) is 1. The fraction of sp³-hybridized carbons (Fsp3) is 0.0625. The summed E-state index contributed by atoms with van der Waals surface area (Å²) in [5.41, 5.74) is 7.05. The van der Waals surface area contributed by atoms with Crippen LogP contribution < -0.4 is 10.5 Å². The van der Waals surface area contributed by atoms with Gasteiger partial charge in [0.25, 0.3) is 0 Å². The summed E-state index contributed by atoms with van der Waals surface area (Å²) in [5, 5.41) is 0.921. The fourth-order valence-electron chi connectivity index (χ4n) is 2.04. The van der Waals surface area contributed by atoms with E-state index in [1.807, 2.05) is 30.3 Å². The van der Waals surface area contributed by atoms with Crippen molar-refractivity contribution in [3.05, 3.63) is 65.7 Å². The molecule has 1 heterocycles. The highest BCUT2D eigenvalue weighted by Gasteiger charge is 2.11. The number of pyridine rings is 1. The maximum Gasteiger partial charge on any atom is 0.224 e. The molecule has 0 amide bonds. The number of rotatable bonds is 3. The van der Waals surface area contributed by atoms with E-state index >= 15 is 0 Å². The number of hydrogen-bond acceptors (Lipinski definition) is 3. The highest BCUT2D eigenvalue weighted by Crippen LogP contribution is 2.28. The SMILES string of the molecule is NCc1cc2ccccc2nc1Oc1ccc(F)cc1F. The van der Waals surface area contributed by atoms with Gasteiger partial charge in [-0.05, 0) is 24.3 Å². The first-order chi connectivity index (χ1) is 10.2. The van der Waals surface area contributed by atoms with E-state index in [0.717, 1.165) is 17.5 Å². The van der Waals surface area contributed by atoms with Crippen molar-refractivity contribution < 1.29 is 13.5 Å². The third-order valence-electron chi connectivity index (χ3n) is 3.08. The predicted octanol–water partition coefficient (Wildman–Crippen LogP) is 3.76. The van der Waals surface area contributed by atoms with Gasteiger partial charge in [0.15, 0.2) is 11.6 Å². The molecule has 0 radical (unpaired) electrons. The van der Waals surface area contributed by atoms with Crippen molar-refractivity contribution in [3.8, 4) is 11.6 Å². The molecule has 0 atom stereocenters. The fourth-order valence-corrected chi connectivity index (χ4v) is 2.04. The van der Waals surface area contributed by atoms with Crippen LogP contribution in [0.5, 0.6) is 11.6 Å². The van der Waals surface area contributed by atoms with E-state index in [0.29, 0.717) is 11.1 Å². The number of aromatic nitrogens is 1. The molecule has 106 valence electrons. The quantitative estimate of drug-likeness (QED) is 0.797. The van der Waals surface area contributed by atoms with Crippen molar-refractivity contribution in [3.63, 3.8) is 0 Å². The Kier molecular flexibility index (Phi) is 3.50. The van der Waals surface area contributed by atoms with Crippen LogP contribution in [0.25, 0.3) is 10.9 Å². The lowest BCUT2D eigenvalue weighted by molar-refractivity contribution is 0.420. The van der Waals surface area contributed by atoms with Crippen LogP contribution in [0.1, 0.15) is 5.56 Å². The average Bonchev–Trinajstić information content (AvgIpc) is 2.49. The van der Waals surface area contributed by atoms with Crippen molar-refractivity contribution in [2.75, 3.05) is 0 Å². The number of para-hydroxylation sites is 1. The Labute approximate surface area is 120 Å². The Morgan fingerprint density at radius 1 is 1.05 bits per heavy atom. The second kappa shape index (κ2) is 5.46. The molecule has 5 heteroatoms. The van der Waals surface area contributed by atoms with E-state index in [2.05, 4.69) is 4.98 Å².